The number of ether oxygens (including phenoxy) is 2. The summed E-state index contributed by atoms with van der Waals surface area (Å²) in [5.74, 6) is -3.31. The van der Waals surface area contributed by atoms with Crippen LogP contribution in [0.25, 0.3) is 6.08 Å². The molecule has 2 aromatic rings. The zero-order chi connectivity index (χ0) is 18.0. The summed E-state index contributed by atoms with van der Waals surface area (Å²) in [5.41, 5.74) is 0.377. The van der Waals surface area contributed by atoms with Crippen LogP contribution >= 0.6 is 0 Å². The minimum atomic E-state index is -0.900. The number of carbonyl (C=O) groups excluding carboxylic acids is 2. The van der Waals surface area contributed by atoms with Crippen molar-refractivity contribution in [2.45, 2.75) is 0 Å². The van der Waals surface area contributed by atoms with Gasteiger partial charge in [-0.05, 0) is 29.8 Å². The normalized spacial score (nSPS) is 15.1. The third-order valence-electron chi connectivity index (χ3n) is 3.44. The molecule has 1 aliphatic rings. The molecular weight excluding hydrogens is 332 g/mol. The van der Waals surface area contributed by atoms with Gasteiger partial charge in [0.1, 0.15) is 11.6 Å². The fourth-order valence-electron chi connectivity index (χ4n) is 2.25. The Morgan fingerprint density at radius 2 is 1.96 bits per heavy atom. The van der Waals surface area contributed by atoms with Gasteiger partial charge in [-0.2, -0.15) is 0 Å². The highest BCUT2D eigenvalue weighted by atomic mass is 19.1. The minimum absolute atomic E-state index is 0.116. The van der Waals surface area contributed by atoms with Crippen molar-refractivity contribution in [3.8, 4) is 0 Å². The van der Waals surface area contributed by atoms with Crippen molar-refractivity contribution in [3.05, 3.63) is 76.5 Å². The molecule has 0 amide bonds. The molecule has 0 aliphatic carbocycles. The molecule has 1 aliphatic heterocycles. The van der Waals surface area contributed by atoms with Gasteiger partial charge in [-0.25, -0.2) is 23.4 Å². The largest absolute Gasteiger partial charge is 0.465 e. The fraction of sp³-hybridized carbons (Fsp3) is 0.0556. The summed E-state index contributed by atoms with van der Waals surface area (Å²) in [6, 6.07) is 9.26. The van der Waals surface area contributed by atoms with Gasteiger partial charge in [0, 0.05) is 6.07 Å². The van der Waals surface area contributed by atoms with Crippen LogP contribution in [-0.4, -0.2) is 24.9 Å². The van der Waals surface area contributed by atoms with E-state index in [-0.39, 0.29) is 22.7 Å². The third-order valence-corrected chi connectivity index (χ3v) is 3.44. The molecule has 0 saturated carbocycles. The van der Waals surface area contributed by atoms with Gasteiger partial charge >= 0.3 is 11.9 Å². The van der Waals surface area contributed by atoms with Crippen LogP contribution in [0.2, 0.25) is 0 Å². The van der Waals surface area contributed by atoms with E-state index in [0.717, 1.165) is 12.1 Å². The van der Waals surface area contributed by atoms with Crippen molar-refractivity contribution in [2.75, 3.05) is 7.11 Å². The number of cyclic esters (lactones) is 1. The number of halogens is 2. The van der Waals surface area contributed by atoms with E-state index in [9.17, 15) is 18.4 Å². The lowest BCUT2D eigenvalue weighted by Gasteiger charge is -2.03. The SMILES string of the molecule is COC(=O)c1ccccc1/C=C1\N=C(c2ccc(F)cc2F)OC1=O. The summed E-state index contributed by atoms with van der Waals surface area (Å²) >= 11 is 0. The number of aliphatic imine (C=N–C) groups is 1. The second-order valence-corrected chi connectivity index (χ2v) is 5.04. The molecule has 5 nitrogen and oxygen atoms in total. The van der Waals surface area contributed by atoms with Crippen molar-refractivity contribution in [1.29, 1.82) is 0 Å². The molecule has 25 heavy (non-hydrogen) atoms. The van der Waals surface area contributed by atoms with Crippen molar-refractivity contribution >= 4 is 23.9 Å². The summed E-state index contributed by atoms with van der Waals surface area (Å²) in [5, 5.41) is 0. The van der Waals surface area contributed by atoms with E-state index in [1.807, 2.05) is 0 Å². The third kappa shape index (κ3) is 3.30. The number of esters is 2. The summed E-state index contributed by atoms with van der Waals surface area (Å²) in [6.07, 6.45) is 1.34. The predicted octanol–water partition coefficient (Wildman–Crippen LogP) is 3.10. The Kier molecular flexibility index (Phi) is 4.38. The number of hydrogen-bond donors (Lipinski definition) is 0. The molecule has 1 heterocycles. The standard InChI is InChI=1S/C18H11F2NO4/c1-24-17(22)12-5-3-2-4-10(12)8-15-18(23)25-16(21-15)13-7-6-11(19)9-14(13)20/h2-9H,1H3/b15-8-. The van der Waals surface area contributed by atoms with Crippen molar-refractivity contribution in [3.63, 3.8) is 0 Å². The summed E-state index contributed by atoms with van der Waals surface area (Å²) in [7, 11) is 1.24. The highest BCUT2D eigenvalue weighted by Gasteiger charge is 2.26. The van der Waals surface area contributed by atoms with E-state index in [1.54, 1.807) is 18.2 Å². The smallest absolute Gasteiger partial charge is 0.363 e. The molecule has 7 heteroatoms. The van der Waals surface area contributed by atoms with Gasteiger partial charge in [0.05, 0.1) is 18.2 Å². The zero-order valence-corrected chi connectivity index (χ0v) is 13.0. The van der Waals surface area contributed by atoms with Crippen LogP contribution in [0.4, 0.5) is 8.78 Å². The Bertz CT molecular complexity index is 934. The van der Waals surface area contributed by atoms with E-state index in [4.69, 9.17) is 4.74 Å². The van der Waals surface area contributed by atoms with Gasteiger partial charge in [-0.3, -0.25) is 0 Å². The molecule has 0 N–H and O–H groups in total. The summed E-state index contributed by atoms with van der Waals surface area (Å²) < 4.78 is 36.4. The maximum Gasteiger partial charge on any atom is 0.363 e. The van der Waals surface area contributed by atoms with E-state index in [0.29, 0.717) is 11.6 Å². The lowest BCUT2D eigenvalue weighted by Crippen LogP contribution is -2.08. The topological polar surface area (TPSA) is 65.0 Å². The van der Waals surface area contributed by atoms with Gasteiger partial charge in [0.2, 0.25) is 5.90 Å². The lowest BCUT2D eigenvalue weighted by molar-refractivity contribution is -0.129. The number of nitrogens with zero attached hydrogens (tertiary/aromatic N) is 1. The first-order valence-electron chi connectivity index (χ1n) is 7.15. The van der Waals surface area contributed by atoms with Crippen molar-refractivity contribution in [1.82, 2.24) is 0 Å². The molecule has 2 aromatic carbocycles. The first-order chi connectivity index (χ1) is 12.0. The van der Waals surface area contributed by atoms with Crippen LogP contribution < -0.4 is 0 Å². The average molecular weight is 343 g/mol. The van der Waals surface area contributed by atoms with Crippen molar-refractivity contribution < 1.29 is 27.8 Å². The van der Waals surface area contributed by atoms with Crippen molar-refractivity contribution in [2.24, 2.45) is 4.99 Å². The molecule has 0 saturated heterocycles. The van der Waals surface area contributed by atoms with Gasteiger partial charge < -0.3 is 9.47 Å². The monoisotopic (exact) mass is 343 g/mol. The Morgan fingerprint density at radius 1 is 1.20 bits per heavy atom. The second-order valence-electron chi connectivity index (χ2n) is 5.04. The highest BCUT2D eigenvalue weighted by Crippen LogP contribution is 2.22. The average Bonchev–Trinajstić information content (AvgIpc) is 2.95. The minimum Gasteiger partial charge on any atom is -0.465 e. The Morgan fingerprint density at radius 3 is 2.68 bits per heavy atom. The van der Waals surface area contributed by atoms with E-state index >= 15 is 0 Å². The van der Waals surface area contributed by atoms with Gasteiger partial charge in [-0.15, -0.1) is 0 Å². The lowest BCUT2D eigenvalue weighted by atomic mass is 10.1. The maximum absolute atomic E-state index is 13.8. The van der Waals surface area contributed by atoms with Crippen LogP contribution in [0.5, 0.6) is 0 Å². The Labute approximate surface area is 141 Å². The molecule has 0 bridgehead atoms. The molecule has 126 valence electrons. The van der Waals surface area contributed by atoms with Crippen LogP contribution in [0.1, 0.15) is 21.5 Å². The molecule has 0 spiro atoms. The fourth-order valence-corrected chi connectivity index (χ4v) is 2.25. The molecular formula is C18H11F2NO4. The van der Waals surface area contributed by atoms with E-state index < -0.39 is 23.6 Å². The van der Waals surface area contributed by atoms with Gasteiger partial charge in [0.25, 0.3) is 0 Å². The number of benzene rings is 2. The molecule has 0 unspecified atom stereocenters. The summed E-state index contributed by atoms with van der Waals surface area (Å²) in [4.78, 5) is 27.7. The van der Waals surface area contributed by atoms with Crippen LogP contribution in [0, 0.1) is 11.6 Å². The number of carbonyl (C=O) groups is 2. The molecule has 0 radical (unpaired) electrons. The molecule has 0 fully saturated rings. The number of rotatable bonds is 3. The van der Waals surface area contributed by atoms with Crippen LogP contribution in [0.15, 0.2) is 53.2 Å². The zero-order valence-electron chi connectivity index (χ0n) is 13.0. The number of methoxy groups -OCH3 is 1. The van der Waals surface area contributed by atoms with E-state index in [1.165, 1.54) is 19.3 Å². The Hall–Kier alpha value is -3.35. The van der Waals surface area contributed by atoms with Gasteiger partial charge in [0.15, 0.2) is 5.70 Å². The Balaban J connectivity index is 2.01. The number of hydrogen-bond acceptors (Lipinski definition) is 5. The first kappa shape index (κ1) is 16.5. The quantitative estimate of drug-likeness (QED) is 0.635. The van der Waals surface area contributed by atoms with Crippen LogP contribution in [-0.2, 0) is 14.3 Å². The molecule has 3 rings (SSSR count). The highest BCUT2D eigenvalue weighted by molar-refractivity contribution is 6.13. The predicted molar refractivity (Wildman–Crippen MR) is 84.7 cm³/mol. The maximum atomic E-state index is 13.8. The van der Waals surface area contributed by atoms with Gasteiger partial charge in [-0.1, -0.05) is 18.2 Å². The summed E-state index contributed by atoms with van der Waals surface area (Å²) in [6.45, 7) is 0. The molecule has 0 aromatic heterocycles. The van der Waals surface area contributed by atoms with Crippen LogP contribution in [0.3, 0.4) is 0 Å². The second kappa shape index (κ2) is 6.64. The molecule has 0 atom stereocenters. The van der Waals surface area contributed by atoms with E-state index in [2.05, 4.69) is 9.73 Å². The first-order valence-corrected chi connectivity index (χ1v) is 7.15.